The Morgan fingerprint density at radius 1 is 1.31 bits per heavy atom. The summed E-state index contributed by atoms with van der Waals surface area (Å²) in [6.45, 7) is 6.58. The van der Waals surface area contributed by atoms with Crippen LogP contribution in [0.4, 0.5) is 0 Å². The van der Waals surface area contributed by atoms with Crippen LogP contribution in [0.5, 0.6) is 5.75 Å². The maximum atomic E-state index is 5.93. The zero-order valence-electron chi connectivity index (χ0n) is 10.2. The van der Waals surface area contributed by atoms with Crippen LogP contribution in [0.2, 0.25) is 0 Å². The van der Waals surface area contributed by atoms with Crippen LogP contribution in [0.15, 0.2) is 18.2 Å². The third-order valence-electron chi connectivity index (χ3n) is 3.20. The summed E-state index contributed by atoms with van der Waals surface area (Å²) in [6, 6.07) is 6.38. The zero-order chi connectivity index (χ0) is 11.7. The lowest BCUT2D eigenvalue weighted by Gasteiger charge is -2.31. The fourth-order valence-corrected chi connectivity index (χ4v) is 2.56. The second kappa shape index (κ2) is 4.67. The molecule has 0 aromatic heterocycles. The van der Waals surface area contributed by atoms with E-state index in [9.17, 15) is 0 Å². The Bertz CT molecular complexity index is 367. The van der Waals surface area contributed by atoms with E-state index in [1.165, 1.54) is 11.1 Å². The highest BCUT2D eigenvalue weighted by atomic mass is 35.5. The Morgan fingerprint density at radius 3 is 2.50 bits per heavy atom. The minimum absolute atomic E-state index is 0.320. The fraction of sp³-hybridized carbons (Fsp3) is 0.571. The molecule has 2 heteroatoms. The topological polar surface area (TPSA) is 9.23 Å². The number of hydrogen-bond donors (Lipinski definition) is 0. The Kier molecular flexibility index (Phi) is 3.44. The van der Waals surface area contributed by atoms with Gasteiger partial charge in [-0.25, -0.2) is 0 Å². The minimum atomic E-state index is 0.320. The number of ether oxygens (including phenoxy) is 1. The van der Waals surface area contributed by atoms with Gasteiger partial charge in [-0.3, -0.25) is 0 Å². The van der Waals surface area contributed by atoms with E-state index in [2.05, 4.69) is 39.0 Å². The summed E-state index contributed by atoms with van der Waals surface area (Å²) in [7, 11) is 0. The Morgan fingerprint density at radius 2 is 2.00 bits per heavy atom. The summed E-state index contributed by atoms with van der Waals surface area (Å²) < 4.78 is 5.85. The molecule has 0 saturated heterocycles. The molecule has 0 heterocycles. The van der Waals surface area contributed by atoms with E-state index in [4.69, 9.17) is 16.3 Å². The van der Waals surface area contributed by atoms with Gasteiger partial charge >= 0.3 is 0 Å². The highest BCUT2D eigenvalue weighted by Gasteiger charge is 2.28. The van der Waals surface area contributed by atoms with Gasteiger partial charge in [-0.05, 0) is 36.1 Å². The lowest BCUT2D eigenvalue weighted by molar-refractivity contribution is 0.124. The van der Waals surface area contributed by atoms with E-state index in [0.29, 0.717) is 17.4 Å². The lowest BCUT2D eigenvalue weighted by atomic mass is 9.95. The normalized spacial score (nSPS) is 24.3. The van der Waals surface area contributed by atoms with Crippen molar-refractivity contribution >= 4 is 11.6 Å². The molecule has 0 amide bonds. The minimum Gasteiger partial charge on any atom is -0.490 e. The highest BCUT2D eigenvalue weighted by Crippen LogP contribution is 2.31. The number of benzene rings is 1. The maximum Gasteiger partial charge on any atom is 0.120 e. The average molecular weight is 239 g/mol. The van der Waals surface area contributed by atoms with Crippen LogP contribution >= 0.6 is 11.6 Å². The number of hydrogen-bond acceptors (Lipinski definition) is 1. The number of rotatable bonds is 3. The van der Waals surface area contributed by atoms with Crippen molar-refractivity contribution in [1.82, 2.24) is 0 Å². The molecule has 0 bridgehead atoms. The molecular weight excluding hydrogens is 220 g/mol. The molecule has 0 N–H and O–H groups in total. The summed E-state index contributed by atoms with van der Waals surface area (Å²) in [5, 5.41) is 0.320. The van der Waals surface area contributed by atoms with Gasteiger partial charge in [-0.15, -0.1) is 11.6 Å². The molecule has 0 atom stereocenters. The van der Waals surface area contributed by atoms with Crippen LogP contribution in [0.3, 0.4) is 0 Å². The summed E-state index contributed by atoms with van der Waals surface area (Å²) in [5.41, 5.74) is 2.71. The molecule has 1 nitrogen and oxygen atoms in total. The molecule has 88 valence electrons. The van der Waals surface area contributed by atoms with Gasteiger partial charge in [0, 0.05) is 18.2 Å². The summed E-state index contributed by atoms with van der Waals surface area (Å²) in [6.07, 6.45) is 2.28. The van der Waals surface area contributed by atoms with Crippen molar-refractivity contribution in [3.05, 3.63) is 29.3 Å². The molecular formula is C14H19ClO. The zero-order valence-corrected chi connectivity index (χ0v) is 10.9. The molecule has 1 aromatic rings. The van der Waals surface area contributed by atoms with Crippen molar-refractivity contribution in [2.24, 2.45) is 0 Å². The predicted molar refractivity (Wildman–Crippen MR) is 68.6 cm³/mol. The number of alkyl halides is 1. The van der Waals surface area contributed by atoms with Crippen molar-refractivity contribution < 1.29 is 4.74 Å². The number of halogens is 1. The monoisotopic (exact) mass is 238 g/mol. The molecule has 2 rings (SSSR count). The summed E-state index contributed by atoms with van der Waals surface area (Å²) >= 11 is 5.93. The van der Waals surface area contributed by atoms with Crippen molar-refractivity contribution in [1.29, 1.82) is 0 Å². The quantitative estimate of drug-likeness (QED) is 0.715. The van der Waals surface area contributed by atoms with E-state index in [1.54, 1.807) is 0 Å². The van der Waals surface area contributed by atoms with Crippen LogP contribution in [0.1, 0.15) is 43.7 Å². The van der Waals surface area contributed by atoms with Gasteiger partial charge in [0.05, 0.1) is 0 Å². The van der Waals surface area contributed by atoms with E-state index in [0.717, 1.165) is 18.6 Å². The SMILES string of the molecule is Cc1cc(OC2CC(Cl)C2)ccc1C(C)C. The number of aryl methyl sites for hydroxylation is 1. The van der Waals surface area contributed by atoms with Crippen LogP contribution < -0.4 is 4.74 Å². The second-order valence-corrected chi connectivity index (χ2v) is 5.60. The van der Waals surface area contributed by atoms with E-state index in [1.807, 2.05) is 0 Å². The van der Waals surface area contributed by atoms with Crippen LogP contribution in [-0.4, -0.2) is 11.5 Å². The molecule has 1 aliphatic carbocycles. The predicted octanol–water partition coefficient (Wildman–Crippen LogP) is 4.27. The second-order valence-electron chi connectivity index (χ2n) is 4.98. The highest BCUT2D eigenvalue weighted by molar-refractivity contribution is 6.21. The molecule has 1 fully saturated rings. The maximum absolute atomic E-state index is 5.93. The van der Waals surface area contributed by atoms with Crippen LogP contribution in [0.25, 0.3) is 0 Å². The first-order valence-corrected chi connectivity index (χ1v) is 6.41. The van der Waals surface area contributed by atoms with Crippen molar-refractivity contribution in [2.75, 3.05) is 0 Å². The van der Waals surface area contributed by atoms with E-state index in [-0.39, 0.29) is 0 Å². The average Bonchev–Trinajstić information content (AvgIpc) is 2.15. The van der Waals surface area contributed by atoms with Crippen LogP contribution in [0, 0.1) is 6.92 Å². The van der Waals surface area contributed by atoms with Crippen molar-refractivity contribution in [2.45, 2.75) is 51.0 Å². The molecule has 1 aromatic carbocycles. The molecule has 0 radical (unpaired) electrons. The summed E-state index contributed by atoms with van der Waals surface area (Å²) in [5.74, 6) is 1.56. The van der Waals surface area contributed by atoms with Gasteiger partial charge in [-0.1, -0.05) is 19.9 Å². The Hall–Kier alpha value is -0.690. The summed E-state index contributed by atoms with van der Waals surface area (Å²) in [4.78, 5) is 0. The first-order chi connectivity index (χ1) is 7.56. The Balaban J connectivity index is 2.03. The molecule has 0 spiro atoms. The van der Waals surface area contributed by atoms with Crippen molar-refractivity contribution in [3.63, 3.8) is 0 Å². The van der Waals surface area contributed by atoms with Gasteiger partial charge in [-0.2, -0.15) is 0 Å². The van der Waals surface area contributed by atoms with Gasteiger partial charge in [0.1, 0.15) is 11.9 Å². The smallest absolute Gasteiger partial charge is 0.120 e. The van der Waals surface area contributed by atoms with Crippen LogP contribution in [-0.2, 0) is 0 Å². The van der Waals surface area contributed by atoms with Gasteiger partial charge < -0.3 is 4.74 Å². The molecule has 0 aliphatic heterocycles. The molecule has 1 aliphatic rings. The van der Waals surface area contributed by atoms with E-state index < -0.39 is 0 Å². The van der Waals surface area contributed by atoms with Gasteiger partial charge in [0.25, 0.3) is 0 Å². The fourth-order valence-electron chi connectivity index (χ4n) is 2.16. The first kappa shape index (κ1) is 11.8. The molecule has 0 unspecified atom stereocenters. The molecule has 16 heavy (non-hydrogen) atoms. The lowest BCUT2D eigenvalue weighted by Crippen LogP contribution is -2.34. The van der Waals surface area contributed by atoms with Gasteiger partial charge in [0.15, 0.2) is 0 Å². The largest absolute Gasteiger partial charge is 0.490 e. The third kappa shape index (κ3) is 2.52. The van der Waals surface area contributed by atoms with Gasteiger partial charge in [0.2, 0.25) is 0 Å². The van der Waals surface area contributed by atoms with E-state index >= 15 is 0 Å². The van der Waals surface area contributed by atoms with Crippen molar-refractivity contribution in [3.8, 4) is 5.75 Å². The third-order valence-corrected chi connectivity index (χ3v) is 3.56. The first-order valence-electron chi connectivity index (χ1n) is 5.97. The Labute approximate surface area is 103 Å². The molecule has 1 saturated carbocycles. The standard InChI is InChI=1S/C14H19ClO/c1-9(2)14-5-4-12(6-10(14)3)16-13-7-11(15)8-13/h4-6,9,11,13H,7-8H2,1-3H3.